The van der Waals surface area contributed by atoms with Crippen LogP contribution in [-0.4, -0.2) is 30.7 Å². The van der Waals surface area contributed by atoms with Crippen LogP contribution in [0, 0.1) is 0 Å². The number of morpholine rings is 1. The Morgan fingerprint density at radius 3 is 3.07 bits per heavy atom. The molecule has 1 atom stereocenters. The molecule has 0 radical (unpaired) electrons. The molecule has 3 nitrogen and oxygen atoms in total. The predicted octanol–water partition coefficient (Wildman–Crippen LogP) is 2.26. The van der Waals surface area contributed by atoms with Gasteiger partial charge in [-0.3, -0.25) is 4.90 Å². The Labute approximate surface area is 92.2 Å². The van der Waals surface area contributed by atoms with Crippen LogP contribution in [0.4, 0.5) is 0 Å². The van der Waals surface area contributed by atoms with Gasteiger partial charge in [0.05, 0.1) is 19.3 Å². The van der Waals surface area contributed by atoms with Crippen molar-refractivity contribution in [1.82, 2.24) is 4.90 Å². The largest absolute Gasteiger partial charge is 0.453 e. The first-order chi connectivity index (χ1) is 6.74. The summed E-state index contributed by atoms with van der Waals surface area (Å²) >= 11 is 3.30. The van der Waals surface area contributed by atoms with Crippen LogP contribution in [0.5, 0.6) is 0 Å². The third-order valence-corrected chi connectivity index (χ3v) is 2.76. The van der Waals surface area contributed by atoms with Crippen molar-refractivity contribution in [1.29, 1.82) is 0 Å². The minimum atomic E-state index is 0.335. The van der Waals surface area contributed by atoms with Gasteiger partial charge in [0.15, 0.2) is 4.67 Å². The number of nitrogens with zero attached hydrogens (tertiary/aromatic N) is 1. The van der Waals surface area contributed by atoms with Gasteiger partial charge in [-0.15, -0.1) is 0 Å². The normalized spacial score (nSPS) is 24.0. The molecule has 78 valence electrons. The van der Waals surface area contributed by atoms with E-state index in [2.05, 4.69) is 27.8 Å². The molecule has 0 bridgehead atoms. The monoisotopic (exact) mass is 259 g/mol. The number of furan rings is 1. The average Bonchev–Trinajstić information content (AvgIpc) is 2.51. The lowest BCUT2D eigenvalue weighted by Gasteiger charge is -2.30. The summed E-state index contributed by atoms with van der Waals surface area (Å²) in [5.41, 5.74) is 0. The molecular formula is C10H14BrNO2. The van der Waals surface area contributed by atoms with E-state index in [0.29, 0.717) is 6.10 Å². The Kier molecular flexibility index (Phi) is 3.26. The zero-order chi connectivity index (χ0) is 9.97. The molecule has 1 aliphatic heterocycles. The lowest BCUT2D eigenvalue weighted by Crippen LogP contribution is -2.40. The Morgan fingerprint density at radius 2 is 2.43 bits per heavy atom. The first-order valence-corrected chi connectivity index (χ1v) is 5.61. The quantitative estimate of drug-likeness (QED) is 0.815. The van der Waals surface area contributed by atoms with Gasteiger partial charge in [-0.2, -0.15) is 0 Å². The second-order valence-corrected chi connectivity index (χ2v) is 4.40. The standard InChI is InChI=1S/C10H14BrNO2/c1-8-6-12(4-5-13-8)7-9-2-3-10(11)14-9/h2-3,8H,4-7H2,1H3. The summed E-state index contributed by atoms with van der Waals surface area (Å²) in [4.78, 5) is 2.35. The van der Waals surface area contributed by atoms with Gasteiger partial charge in [0, 0.05) is 13.1 Å². The van der Waals surface area contributed by atoms with E-state index in [1.807, 2.05) is 12.1 Å². The van der Waals surface area contributed by atoms with Gasteiger partial charge in [-0.25, -0.2) is 0 Å². The molecule has 1 aromatic heterocycles. The highest BCUT2D eigenvalue weighted by Crippen LogP contribution is 2.16. The van der Waals surface area contributed by atoms with Gasteiger partial charge in [0.25, 0.3) is 0 Å². The highest BCUT2D eigenvalue weighted by molar-refractivity contribution is 9.10. The third-order valence-electron chi connectivity index (χ3n) is 2.33. The maximum atomic E-state index is 5.47. The molecular weight excluding hydrogens is 246 g/mol. The van der Waals surface area contributed by atoms with E-state index in [1.54, 1.807) is 0 Å². The molecule has 0 aromatic carbocycles. The Balaban J connectivity index is 1.90. The summed E-state index contributed by atoms with van der Waals surface area (Å²) in [7, 11) is 0. The van der Waals surface area contributed by atoms with Crippen molar-refractivity contribution in [2.24, 2.45) is 0 Å². The molecule has 1 fully saturated rings. The number of hydrogen-bond acceptors (Lipinski definition) is 3. The summed E-state index contributed by atoms with van der Waals surface area (Å²) in [6, 6.07) is 3.93. The SMILES string of the molecule is CC1CN(Cc2ccc(Br)o2)CCO1. The third kappa shape index (κ3) is 2.59. The van der Waals surface area contributed by atoms with Gasteiger partial charge in [-0.05, 0) is 35.0 Å². The average molecular weight is 260 g/mol. The highest BCUT2D eigenvalue weighted by Gasteiger charge is 2.17. The van der Waals surface area contributed by atoms with E-state index in [-0.39, 0.29) is 0 Å². The number of rotatable bonds is 2. The van der Waals surface area contributed by atoms with Gasteiger partial charge in [-0.1, -0.05) is 0 Å². The molecule has 2 rings (SSSR count). The van der Waals surface area contributed by atoms with E-state index >= 15 is 0 Å². The van der Waals surface area contributed by atoms with E-state index < -0.39 is 0 Å². The lowest BCUT2D eigenvalue weighted by molar-refractivity contribution is -0.0231. The molecule has 0 spiro atoms. The summed E-state index contributed by atoms with van der Waals surface area (Å²) in [5, 5.41) is 0. The highest BCUT2D eigenvalue weighted by atomic mass is 79.9. The van der Waals surface area contributed by atoms with Crippen molar-refractivity contribution in [3.05, 3.63) is 22.6 Å². The number of hydrogen-bond donors (Lipinski definition) is 0. The van der Waals surface area contributed by atoms with Crippen molar-refractivity contribution in [3.8, 4) is 0 Å². The van der Waals surface area contributed by atoms with E-state index in [9.17, 15) is 0 Å². The van der Waals surface area contributed by atoms with E-state index in [4.69, 9.17) is 9.15 Å². The second kappa shape index (κ2) is 4.47. The van der Waals surface area contributed by atoms with E-state index in [0.717, 1.165) is 36.7 Å². The topological polar surface area (TPSA) is 25.6 Å². The Morgan fingerprint density at radius 1 is 1.57 bits per heavy atom. The lowest BCUT2D eigenvalue weighted by atomic mass is 10.3. The van der Waals surface area contributed by atoms with Gasteiger partial charge >= 0.3 is 0 Å². The zero-order valence-corrected chi connectivity index (χ0v) is 9.79. The van der Waals surface area contributed by atoms with Crippen LogP contribution in [0.15, 0.2) is 21.2 Å². The molecule has 0 aliphatic carbocycles. The molecule has 1 aromatic rings. The molecule has 1 unspecified atom stereocenters. The molecule has 0 amide bonds. The molecule has 0 saturated carbocycles. The van der Waals surface area contributed by atoms with Crippen LogP contribution in [0.1, 0.15) is 12.7 Å². The van der Waals surface area contributed by atoms with Crippen molar-refractivity contribution >= 4 is 15.9 Å². The smallest absolute Gasteiger partial charge is 0.169 e. The first kappa shape index (κ1) is 10.2. The van der Waals surface area contributed by atoms with E-state index in [1.165, 1.54) is 0 Å². The Hall–Kier alpha value is -0.320. The second-order valence-electron chi connectivity index (χ2n) is 3.62. The summed E-state index contributed by atoms with van der Waals surface area (Å²) in [6.07, 6.45) is 0.335. The Bertz CT molecular complexity index is 300. The molecule has 4 heteroatoms. The maximum absolute atomic E-state index is 5.47. The molecule has 1 aliphatic rings. The minimum absolute atomic E-state index is 0.335. The zero-order valence-electron chi connectivity index (χ0n) is 8.20. The van der Waals surface area contributed by atoms with Crippen LogP contribution in [0.2, 0.25) is 0 Å². The minimum Gasteiger partial charge on any atom is -0.453 e. The van der Waals surface area contributed by atoms with Gasteiger partial charge in [0.1, 0.15) is 5.76 Å². The van der Waals surface area contributed by atoms with Crippen LogP contribution in [-0.2, 0) is 11.3 Å². The fraction of sp³-hybridized carbons (Fsp3) is 0.600. The molecule has 14 heavy (non-hydrogen) atoms. The predicted molar refractivity (Wildman–Crippen MR) is 57.1 cm³/mol. The fourth-order valence-corrected chi connectivity index (χ4v) is 2.03. The van der Waals surface area contributed by atoms with Crippen LogP contribution in [0.3, 0.4) is 0 Å². The van der Waals surface area contributed by atoms with Crippen molar-refractivity contribution < 1.29 is 9.15 Å². The summed E-state index contributed by atoms with van der Waals surface area (Å²) in [6.45, 7) is 5.77. The number of ether oxygens (including phenoxy) is 1. The van der Waals surface area contributed by atoms with Gasteiger partial charge < -0.3 is 9.15 Å². The number of halogens is 1. The molecule has 0 N–H and O–H groups in total. The maximum Gasteiger partial charge on any atom is 0.169 e. The van der Waals surface area contributed by atoms with Crippen molar-refractivity contribution in [3.63, 3.8) is 0 Å². The summed E-state index contributed by atoms with van der Waals surface area (Å²) < 4.78 is 11.7. The molecule has 2 heterocycles. The van der Waals surface area contributed by atoms with Gasteiger partial charge in [0.2, 0.25) is 0 Å². The van der Waals surface area contributed by atoms with Crippen LogP contribution >= 0.6 is 15.9 Å². The van der Waals surface area contributed by atoms with Crippen LogP contribution in [0.25, 0.3) is 0 Å². The van der Waals surface area contributed by atoms with Crippen molar-refractivity contribution in [2.75, 3.05) is 19.7 Å². The van der Waals surface area contributed by atoms with Crippen LogP contribution < -0.4 is 0 Å². The first-order valence-electron chi connectivity index (χ1n) is 4.82. The molecule has 1 saturated heterocycles. The summed E-state index contributed by atoms with van der Waals surface area (Å²) in [5.74, 6) is 1.01. The van der Waals surface area contributed by atoms with Crippen molar-refractivity contribution in [2.45, 2.75) is 19.6 Å². The fourth-order valence-electron chi connectivity index (χ4n) is 1.69.